The zero-order valence-electron chi connectivity index (χ0n) is 11.8. The highest BCUT2D eigenvalue weighted by molar-refractivity contribution is 8.01. The summed E-state index contributed by atoms with van der Waals surface area (Å²) in [4.78, 5) is 13.3. The number of thiophene rings is 1. The van der Waals surface area contributed by atoms with E-state index in [1.165, 1.54) is 39.3 Å². The minimum atomic E-state index is -0.123. The number of fused-ring (bicyclic) bond motifs is 1. The Morgan fingerprint density at radius 3 is 3.00 bits per heavy atom. The Kier molecular flexibility index (Phi) is 4.61. The standard InChI is InChI=1S/C13H13N5OS3/c1-15-12-17-18-13(22-12)20-6-10(19)16-11-8(5-14)7-3-2-4-9(7)21-11/h2-4,6H2,1H3,(H,15,17)(H,16,19). The minimum absolute atomic E-state index is 0.123. The molecule has 9 heteroatoms. The van der Waals surface area contributed by atoms with Gasteiger partial charge in [0, 0.05) is 11.9 Å². The Morgan fingerprint density at radius 2 is 2.27 bits per heavy atom. The first-order valence-corrected chi connectivity index (χ1v) is 9.31. The number of rotatable bonds is 5. The van der Waals surface area contributed by atoms with Crippen molar-refractivity contribution in [2.75, 3.05) is 23.4 Å². The number of nitrogens with one attached hydrogen (secondary N) is 2. The van der Waals surface area contributed by atoms with E-state index in [1.807, 2.05) is 0 Å². The SMILES string of the molecule is CNc1nnc(SCC(=O)Nc2sc3c(c2C#N)CCC3)s1. The molecule has 2 aromatic heterocycles. The second-order valence-corrected chi connectivity index (χ2v) is 7.94. The molecule has 0 saturated heterocycles. The van der Waals surface area contributed by atoms with Gasteiger partial charge in [-0.3, -0.25) is 4.79 Å². The third kappa shape index (κ3) is 3.09. The lowest BCUT2D eigenvalue weighted by molar-refractivity contribution is -0.113. The zero-order valence-corrected chi connectivity index (χ0v) is 14.3. The molecule has 0 radical (unpaired) electrons. The van der Waals surface area contributed by atoms with E-state index in [0.29, 0.717) is 10.6 Å². The van der Waals surface area contributed by atoms with Gasteiger partial charge in [-0.15, -0.1) is 21.5 Å². The summed E-state index contributed by atoms with van der Waals surface area (Å²) in [7, 11) is 1.78. The second kappa shape index (κ2) is 6.64. The highest BCUT2D eigenvalue weighted by atomic mass is 32.2. The lowest BCUT2D eigenvalue weighted by Crippen LogP contribution is -2.13. The van der Waals surface area contributed by atoms with Crippen molar-refractivity contribution >= 4 is 50.5 Å². The maximum atomic E-state index is 12.1. The van der Waals surface area contributed by atoms with Crippen LogP contribution >= 0.6 is 34.4 Å². The van der Waals surface area contributed by atoms with Crippen LogP contribution < -0.4 is 10.6 Å². The predicted octanol–water partition coefficient (Wildman–Crippen LogP) is 2.73. The number of hydrogen-bond acceptors (Lipinski definition) is 8. The van der Waals surface area contributed by atoms with E-state index in [1.54, 1.807) is 7.05 Å². The fourth-order valence-corrected chi connectivity index (χ4v) is 5.03. The van der Waals surface area contributed by atoms with Gasteiger partial charge in [0.25, 0.3) is 0 Å². The van der Waals surface area contributed by atoms with E-state index >= 15 is 0 Å². The van der Waals surface area contributed by atoms with E-state index in [-0.39, 0.29) is 11.7 Å². The van der Waals surface area contributed by atoms with Crippen molar-refractivity contribution in [3.63, 3.8) is 0 Å². The number of carbonyl (C=O) groups is 1. The number of thioether (sulfide) groups is 1. The van der Waals surface area contributed by atoms with Gasteiger partial charge in [0.15, 0.2) is 4.34 Å². The zero-order chi connectivity index (χ0) is 15.5. The summed E-state index contributed by atoms with van der Waals surface area (Å²) in [5.74, 6) is 0.133. The molecular formula is C13H13N5OS3. The summed E-state index contributed by atoms with van der Waals surface area (Å²) in [5, 5.41) is 24.4. The third-order valence-electron chi connectivity index (χ3n) is 3.23. The van der Waals surface area contributed by atoms with Crippen LogP contribution in [0.25, 0.3) is 0 Å². The molecule has 1 aliphatic carbocycles. The molecule has 2 heterocycles. The molecule has 2 aromatic rings. The van der Waals surface area contributed by atoms with Crippen molar-refractivity contribution in [2.24, 2.45) is 0 Å². The fourth-order valence-electron chi connectivity index (χ4n) is 2.27. The largest absolute Gasteiger partial charge is 0.363 e. The average Bonchev–Trinajstić information content (AvgIpc) is 3.20. The molecule has 0 bridgehead atoms. The average molecular weight is 351 g/mol. The molecule has 0 atom stereocenters. The fraction of sp³-hybridized carbons (Fsp3) is 0.385. The van der Waals surface area contributed by atoms with Crippen LogP contribution in [0.15, 0.2) is 4.34 Å². The minimum Gasteiger partial charge on any atom is -0.363 e. The molecule has 1 aliphatic rings. The van der Waals surface area contributed by atoms with Gasteiger partial charge < -0.3 is 10.6 Å². The molecule has 6 nitrogen and oxygen atoms in total. The third-order valence-corrected chi connectivity index (χ3v) is 6.51. The Bertz CT molecular complexity index is 745. The van der Waals surface area contributed by atoms with Crippen molar-refractivity contribution in [3.8, 4) is 6.07 Å². The van der Waals surface area contributed by atoms with E-state index in [2.05, 4.69) is 26.9 Å². The summed E-state index contributed by atoms with van der Waals surface area (Å²) in [6, 6.07) is 2.23. The van der Waals surface area contributed by atoms with Crippen molar-refractivity contribution in [1.29, 1.82) is 5.26 Å². The highest BCUT2D eigenvalue weighted by Crippen LogP contribution is 2.38. The quantitative estimate of drug-likeness (QED) is 0.805. The summed E-state index contributed by atoms with van der Waals surface area (Å²) in [6.45, 7) is 0. The highest BCUT2D eigenvalue weighted by Gasteiger charge is 2.23. The first kappa shape index (κ1) is 15.3. The maximum Gasteiger partial charge on any atom is 0.235 e. The molecule has 0 saturated carbocycles. The summed E-state index contributed by atoms with van der Waals surface area (Å²) in [5.41, 5.74) is 1.77. The van der Waals surface area contributed by atoms with Crippen LogP contribution in [0.1, 0.15) is 22.4 Å². The Balaban J connectivity index is 1.61. The number of hydrogen-bond donors (Lipinski definition) is 2. The van der Waals surface area contributed by atoms with E-state index < -0.39 is 0 Å². The molecule has 2 N–H and O–H groups in total. The van der Waals surface area contributed by atoms with Crippen molar-refractivity contribution in [3.05, 3.63) is 16.0 Å². The van der Waals surface area contributed by atoms with Crippen LogP contribution in [0, 0.1) is 11.3 Å². The molecule has 0 aromatic carbocycles. The number of anilines is 2. The van der Waals surface area contributed by atoms with Crippen LogP contribution in [-0.4, -0.2) is 28.9 Å². The van der Waals surface area contributed by atoms with Gasteiger partial charge in [0.2, 0.25) is 11.0 Å². The molecule has 0 unspecified atom stereocenters. The normalized spacial score (nSPS) is 12.7. The number of aromatic nitrogens is 2. The van der Waals surface area contributed by atoms with Gasteiger partial charge in [-0.1, -0.05) is 23.1 Å². The number of aryl methyl sites for hydroxylation is 1. The molecule has 0 aliphatic heterocycles. The first-order chi connectivity index (χ1) is 10.7. The Labute approximate surface area is 140 Å². The van der Waals surface area contributed by atoms with Gasteiger partial charge in [0.05, 0.1) is 11.3 Å². The molecular weight excluding hydrogens is 338 g/mol. The number of carbonyl (C=O) groups excluding carboxylic acids is 1. The van der Waals surface area contributed by atoms with E-state index in [0.717, 1.165) is 34.3 Å². The van der Waals surface area contributed by atoms with Crippen molar-refractivity contribution < 1.29 is 4.79 Å². The Morgan fingerprint density at radius 1 is 1.41 bits per heavy atom. The summed E-state index contributed by atoms with van der Waals surface area (Å²) in [6.07, 6.45) is 3.05. The molecule has 1 amide bonds. The monoisotopic (exact) mass is 351 g/mol. The molecule has 0 fully saturated rings. The maximum absolute atomic E-state index is 12.1. The lowest BCUT2D eigenvalue weighted by atomic mass is 10.1. The van der Waals surface area contributed by atoms with Gasteiger partial charge in [-0.2, -0.15) is 5.26 Å². The van der Waals surface area contributed by atoms with Crippen LogP contribution in [0.5, 0.6) is 0 Å². The summed E-state index contributed by atoms with van der Waals surface area (Å²) < 4.78 is 0.744. The van der Waals surface area contributed by atoms with E-state index in [9.17, 15) is 10.1 Å². The molecule has 114 valence electrons. The van der Waals surface area contributed by atoms with Crippen LogP contribution in [0.3, 0.4) is 0 Å². The molecule has 22 heavy (non-hydrogen) atoms. The lowest BCUT2D eigenvalue weighted by Gasteiger charge is -2.02. The van der Waals surface area contributed by atoms with E-state index in [4.69, 9.17) is 0 Å². The predicted molar refractivity (Wildman–Crippen MR) is 89.9 cm³/mol. The van der Waals surface area contributed by atoms with Gasteiger partial charge in [-0.05, 0) is 24.8 Å². The number of nitrogens with zero attached hydrogens (tertiary/aromatic N) is 3. The first-order valence-electron chi connectivity index (χ1n) is 6.69. The van der Waals surface area contributed by atoms with Crippen molar-refractivity contribution in [1.82, 2.24) is 10.2 Å². The van der Waals surface area contributed by atoms with Crippen molar-refractivity contribution in [2.45, 2.75) is 23.6 Å². The van der Waals surface area contributed by atoms with Crippen LogP contribution in [-0.2, 0) is 17.6 Å². The van der Waals surface area contributed by atoms with Crippen LogP contribution in [0.4, 0.5) is 10.1 Å². The van der Waals surface area contributed by atoms with Gasteiger partial charge in [0.1, 0.15) is 11.1 Å². The summed E-state index contributed by atoms with van der Waals surface area (Å²) >= 11 is 4.28. The van der Waals surface area contributed by atoms with Gasteiger partial charge >= 0.3 is 0 Å². The topological polar surface area (TPSA) is 90.7 Å². The molecule has 0 spiro atoms. The molecule has 3 rings (SSSR count). The number of nitriles is 1. The smallest absolute Gasteiger partial charge is 0.235 e. The van der Waals surface area contributed by atoms with Gasteiger partial charge in [-0.25, -0.2) is 0 Å². The Hall–Kier alpha value is -1.63. The second-order valence-electron chi connectivity index (χ2n) is 4.63. The number of amides is 1. The van der Waals surface area contributed by atoms with Crippen LogP contribution in [0.2, 0.25) is 0 Å².